The third-order valence-corrected chi connectivity index (χ3v) is 5.18. The Labute approximate surface area is 160 Å². The molecule has 1 amide bonds. The van der Waals surface area contributed by atoms with E-state index in [0.717, 1.165) is 51.6 Å². The van der Waals surface area contributed by atoms with Crippen molar-refractivity contribution in [2.75, 3.05) is 36.8 Å². The van der Waals surface area contributed by atoms with Gasteiger partial charge in [0.2, 0.25) is 5.91 Å². The molecule has 0 saturated carbocycles. The summed E-state index contributed by atoms with van der Waals surface area (Å²) in [7, 11) is 0. The Kier molecular flexibility index (Phi) is 7.94. The molecule has 1 aliphatic heterocycles. The van der Waals surface area contributed by atoms with Gasteiger partial charge in [-0.2, -0.15) is 0 Å². The van der Waals surface area contributed by atoms with Crippen LogP contribution in [0, 0.1) is 0 Å². The summed E-state index contributed by atoms with van der Waals surface area (Å²) in [6.45, 7) is 6.42. The second-order valence-electron chi connectivity index (χ2n) is 7.16. The van der Waals surface area contributed by atoms with Crippen LogP contribution in [0.2, 0.25) is 0 Å². The van der Waals surface area contributed by atoms with Gasteiger partial charge >= 0.3 is 5.69 Å². The number of rotatable bonds is 7. The Balaban J connectivity index is 2.24. The fourth-order valence-electron chi connectivity index (χ4n) is 3.53. The van der Waals surface area contributed by atoms with E-state index in [1.807, 2.05) is 18.7 Å². The summed E-state index contributed by atoms with van der Waals surface area (Å²) in [5.41, 5.74) is 5.36. The zero-order chi connectivity index (χ0) is 19.8. The van der Waals surface area contributed by atoms with E-state index in [9.17, 15) is 14.4 Å². The summed E-state index contributed by atoms with van der Waals surface area (Å²) in [4.78, 5) is 43.3. The number of likely N-dealkylation sites (N-methyl/N-ethyl adjacent to an activating group) is 1. The van der Waals surface area contributed by atoms with E-state index < -0.39 is 11.2 Å². The number of anilines is 2. The van der Waals surface area contributed by atoms with Crippen molar-refractivity contribution in [1.82, 2.24) is 14.5 Å². The van der Waals surface area contributed by atoms with Crippen LogP contribution in [0.1, 0.15) is 58.8 Å². The standard InChI is InChI=1S/C19H33N5O3/c1-3-5-13-24-17(20)16(18(26)21-19(24)27)22(4-2)14-15(25)23-11-9-7-6-8-10-12-23/h3-14,20H2,1-2H3,(H,21,26,27). The summed E-state index contributed by atoms with van der Waals surface area (Å²) < 4.78 is 1.39. The van der Waals surface area contributed by atoms with Gasteiger partial charge in [-0.25, -0.2) is 4.79 Å². The zero-order valence-electron chi connectivity index (χ0n) is 16.6. The van der Waals surface area contributed by atoms with Gasteiger partial charge in [-0.05, 0) is 26.2 Å². The number of amides is 1. The van der Waals surface area contributed by atoms with Crippen molar-refractivity contribution in [3.05, 3.63) is 20.8 Å². The molecule has 1 saturated heterocycles. The largest absolute Gasteiger partial charge is 0.383 e. The number of nitrogens with one attached hydrogen (secondary N) is 1. The lowest BCUT2D eigenvalue weighted by Gasteiger charge is -2.29. The van der Waals surface area contributed by atoms with E-state index in [2.05, 4.69) is 4.98 Å². The monoisotopic (exact) mass is 379 g/mol. The van der Waals surface area contributed by atoms with Gasteiger partial charge in [-0.15, -0.1) is 0 Å². The molecule has 0 atom stereocenters. The number of unbranched alkanes of at least 4 members (excludes halogenated alkanes) is 1. The predicted octanol–water partition coefficient (Wildman–Crippen LogP) is 1.54. The SMILES string of the molecule is CCCCn1c(N)c(N(CC)CC(=O)N2CCCCCCC2)c(=O)[nH]c1=O. The van der Waals surface area contributed by atoms with Crippen LogP contribution in [0.25, 0.3) is 0 Å². The summed E-state index contributed by atoms with van der Waals surface area (Å²) in [6.07, 6.45) is 7.26. The Morgan fingerprint density at radius 3 is 2.33 bits per heavy atom. The maximum absolute atomic E-state index is 12.8. The van der Waals surface area contributed by atoms with Crippen molar-refractivity contribution in [1.29, 1.82) is 0 Å². The molecule has 0 spiro atoms. The first-order valence-corrected chi connectivity index (χ1v) is 10.1. The highest BCUT2D eigenvalue weighted by Crippen LogP contribution is 2.18. The summed E-state index contributed by atoms with van der Waals surface area (Å²) in [6, 6.07) is 0. The number of aromatic amines is 1. The molecule has 1 aromatic rings. The van der Waals surface area contributed by atoms with E-state index >= 15 is 0 Å². The molecule has 0 bridgehead atoms. The minimum absolute atomic E-state index is 0.00357. The van der Waals surface area contributed by atoms with Crippen molar-refractivity contribution < 1.29 is 4.79 Å². The number of aromatic nitrogens is 2. The van der Waals surface area contributed by atoms with Crippen LogP contribution in [0.4, 0.5) is 11.5 Å². The molecule has 8 nitrogen and oxygen atoms in total. The van der Waals surface area contributed by atoms with Crippen molar-refractivity contribution in [2.45, 2.75) is 65.3 Å². The smallest absolute Gasteiger partial charge is 0.330 e. The first-order valence-electron chi connectivity index (χ1n) is 10.1. The quantitative estimate of drug-likeness (QED) is 0.748. The minimum Gasteiger partial charge on any atom is -0.383 e. The van der Waals surface area contributed by atoms with Gasteiger partial charge in [0.05, 0.1) is 6.54 Å². The first kappa shape index (κ1) is 21.1. The average molecular weight is 380 g/mol. The molecule has 1 aliphatic rings. The number of H-pyrrole nitrogens is 1. The maximum atomic E-state index is 12.8. The minimum atomic E-state index is -0.535. The van der Waals surface area contributed by atoms with Crippen LogP contribution in [-0.4, -0.2) is 46.5 Å². The highest BCUT2D eigenvalue weighted by molar-refractivity contribution is 5.82. The lowest BCUT2D eigenvalue weighted by molar-refractivity contribution is -0.130. The van der Waals surface area contributed by atoms with E-state index in [-0.39, 0.29) is 24.0 Å². The molecular formula is C19H33N5O3. The highest BCUT2D eigenvalue weighted by Gasteiger charge is 2.22. The maximum Gasteiger partial charge on any atom is 0.330 e. The number of carbonyl (C=O) groups excluding carboxylic acids is 1. The van der Waals surface area contributed by atoms with Gasteiger partial charge in [0.15, 0.2) is 0 Å². The van der Waals surface area contributed by atoms with Crippen molar-refractivity contribution in [3.8, 4) is 0 Å². The van der Waals surface area contributed by atoms with Gasteiger partial charge in [0, 0.05) is 26.2 Å². The van der Waals surface area contributed by atoms with Crippen molar-refractivity contribution in [3.63, 3.8) is 0 Å². The number of carbonyl (C=O) groups is 1. The number of nitrogens with zero attached hydrogens (tertiary/aromatic N) is 3. The Morgan fingerprint density at radius 2 is 1.74 bits per heavy atom. The molecule has 0 aromatic carbocycles. The fraction of sp³-hybridized carbons (Fsp3) is 0.737. The molecular weight excluding hydrogens is 346 g/mol. The summed E-state index contributed by atoms with van der Waals surface area (Å²) in [5, 5.41) is 0. The average Bonchev–Trinajstić information content (AvgIpc) is 2.60. The number of nitrogen functional groups attached to an aromatic ring is 1. The Morgan fingerprint density at radius 1 is 1.11 bits per heavy atom. The number of hydrogen-bond donors (Lipinski definition) is 2. The predicted molar refractivity (Wildman–Crippen MR) is 108 cm³/mol. The van der Waals surface area contributed by atoms with Crippen LogP contribution in [-0.2, 0) is 11.3 Å². The van der Waals surface area contributed by atoms with Gasteiger partial charge in [-0.3, -0.25) is 19.1 Å². The van der Waals surface area contributed by atoms with Crippen LogP contribution in [0.3, 0.4) is 0 Å². The van der Waals surface area contributed by atoms with E-state index in [1.54, 1.807) is 4.90 Å². The summed E-state index contributed by atoms with van der Waals surface area (Å²) in [5.74, 6) is 0.142. The molecule has 1 aromatic heterocycles. The second kappa shape index (κ2) is 10.2. The van der Waals surface area contributed by atoms with Gasteiger partial charge < -0.3 is 15.5 Å². The van der Waals surface area contributed by atoms with Gasteiger partial charge in [0.25, 0.3) is 5.56 Å². The number of hydrogen-bond acceptors (Lipinski definition) is 5. The van der Waals surface area contributed by atoms with E-state index in [4.69, 9.17) is 5.73 Å². The third-order valence-electron chi connectivity index (χ3n) is 5.18. The molecule has 1 fully saturated rings. The van der Waals surface area contributed by atoms with E-state index in [1.165, 1.54) is 11.0 Å². The lowest BCUT2D eigenvalue weighted by atomic mass is 10.1. The fourth-order valence-corrected chi connectivity index (χ4v) is 3.53. The topological polar surface area (TPSA) is 104 Å². The molecule has 3 N–H and O–H groups in total. The molecule has 2 heterocycles. The number of likely N-dealkylation sites (tertiary alicyclic amines) is 1. The normalized spacial score (nSPS) is 15.3. The van der Waals surface area contributed by atoms with Gasteiger partial charge in [0.1, 0.15) is 11.5 Å². The molecule has 27 heavy (non-hydrogen) atoms. The Bertz CT molecular complexity index is 732. The molecule has 0 aliphatic carbocycles. The Hall–Kier alpha value is -2.25. The van der Waals surface area contributed by atoms with Crippen LogP contribution < -0.4 is 21.9 Å². The molecule has 0 radical (unpaired) electrons. The van der Waals surface area contributed by atoms with E-state index in [0.29, 0.717) is 13.1 Å². The van der Waals surface area contributed by atoms with Crippen LogP contribution in [0.15, 0.2) is 9.59 Å². The molecule has 152 valence electrons. The third kappa shape index (κ3) is 5.37. The van der Waals surface area contributed by atoms with Crippen molar-refractivity contribution in [2.24, 2.45) is 0 Å². The molecule has 8 heteroatoms. The lowest BCUT2D eigenvalue weighted by Crippen LogP contribution is -2.45. The summed E-state index contributed by atoms with van der Waals surface area (Å²) >= 11 is 0. The zero-order valence-corrected chi connectivity index (χ0v) is 16.6. The van der Waals surface area contributed by atoms with Crippen LogP contribution in [0.5, 0.6) is 0 Å². The first-order chi connectivity index (χ1) is 13.0. The van der Waals surface area contributed by atoms with Crippen LogP contribution >= 0.6 is 0 Å². The highest BCUT2D eigenvalue weighted by atomic mass is 16.2. The molecule has 0 unspecified atom stereocenters. The van der Waals surface area contributed by atoms with Gasteiger partial charge in [-0.1, -0.05) is 32.6 Å². The number of nitrogens with two attached hydrogens (primary N) is 1. The molecule has 2 rings (SSSR count). The van der Waals surface area contributed by atoms with Crippen molar-refractivity contribution >= 4 is 17.4 Å². The second-order valence-corrected chi connectivity index (χ2v) is 7.16.